The fourth-order valence-corrected chi connectivity index (χ4v) is 2.70. The van der Waals surface area contributed by atoms with E-state index in [1.54, 1.807) is 6.26 Å². The topological polar surface area (TPSA) is 32.3 Å². The molecule has 0 amide bonds. The molecule has 0 bridgehead atoms. The number of hydrogen-bond acceptors (Lipinski definition) is 3. The first-order valence-electron chi connectivity index (χ1n) is 6.73. The zero-order chi connectivity index (χ0) is 14.4. The predicted octanol–water partition coefficient (Wildman–Crippen LogP) is 2.56. The summed E-state index contributed by atoms with van der Waals surface area (Å²) in [6.45, 7) is 4.32. The van der Waals surface area contributed by atoms with Gasteiger partial charge in [0.25, 0.3) is 0 Å². The predicted molar refractivity (Wildman–Crippen MR) is 85.3 cm³/mol. The van der Waals surface area contributed by atoms with E-state index in [0.29, 0.717) is 12.1 Å². The molecular formula is C15H26N2OS. The lowest BCUT2D eigenvalue weighted by atomic mass is 10.1. The summed E-state index contributed by atoms with van der Waals surface area (Å²) < 4.78 is 11.1. The highest BCUT2D eigenvalue weighted by Crippen LogP contribution is 2.18. The molecule has 108 valence electrons. The maximum absolute atomic E-state index is 11.1. The van der Waals surface area contributed by atoms with E-state index in [4.69, 9.17) is 0 Å². The molecule has 0 fully saturated rings. The number of hydrogen-bond donors (Lipinski definition) is 1. The van der Waals surface area contributed by atoms with Crippen LogP contribution in [0.3, 0.4) is 0 Å². The Hall–Kier alpha value is -0.870. The van der Waals surface area contributed by atoms with Crippen LogP contribution >= 0.6 is 0 Å². The Kier molecular flexibility index (Phi) is 6.52. The molecule has 0 aliphatic carbocycles. The molecule has 0 spiro atoms. The lowest BCUT2D eigenvalue weighted by Crippen LogP contribution is -2.30. The van der Waals surface area contributed by atoms with Gasteiger partial charge in [-0.3, -0.25) is 4.21 Å². The minimum atomic E-state index is -0.699. The smallest absolute Gasteiger partial charge is 0.0361 e. The third-order valence-corrected chi connectivity index (χ3v) is 4.09. The van der Waals surface area contributed by atoms with E-state index >= 15 is 0 Å². The van der Waals surface area contributed by atoms with Gasteiger partial charge in [0.15, 0.2) is 0 Å². The molecule has 1 rings (SSSR count). The fraction of sp³-hybridized carbons (Fsp3) is 0.600. The lowest BCUT2D eigenvalue weighted by molar-refractivity contribution is 0.470. The molecule has 19 heavy (non-hydrogen) atoms. The molecule has 4 heteroatoms. The van der Waals surface area contributed by atoms with Gasteiger partial charge in [-0.05, 0) is 38.0 Å². The molecule has 3 atom stereocenters. The first kappa shape index (κ1) is 16.2. The van der Waals surface area contributed by atoms with Crippen LogP contribution in [-0.4, -0.2) is 36.4 Å². The van der Waals surface area contributed by atoms with E-state index in [2.05, 4.69) is 48.3 Å². The van der Waals surface area contributed by atoms with E-state index in [1.165, 1.54) is 11.3 Å². The van der Waals surface area contributed by atoms with Gasteiger partial charge in [-0.1, -0.05) is 12.1 Å². The molecule has 1 N–H and O–H groups in total. The van der Waals surface area contributed by atoms with Crippen molar-refractivity contribution in [1.29, 1.82) is 0 Å². The normalized spacial score (nSPS) is 15.8. The highest BCUT2D eigenvalue weighted by molar-refractivity contribution is 7.84. The summed E-state index contributed by atoms with van der Waals surface area (Å²) in [5, 5.41) is 3.55. The molecule has 0 aromatic heterocycles. The molecule has 0 heterocycles. The quantitative estimate of drug-likeness (QED) is 0.834. The Morgan fingerprint density at radius 2 is 1.79 bits per heavy atom. The second-order valence-corrected chi connectivity index (χ2v) is 6.90. The van der Waals surface area contributed by atoms with Gasteiger partial charge < -0.3 is 10.2 Å². The van der Waals surface area contributed by atoms with Crippen molar-refractivity contribution in [3.05, 3.63) is 29.8 Å². The standard InChI is InChI=1S/C15H26N2OS/c1-12(10-11-19(5)18)16-13(2)14-6-8-15(9-7-14)17(3)4/h6-9,12-13,16H,10-11H2,1-5H3. The summed E-state index contributed by atoms with van der Waals surface area (Å²) in [5.74, 6) is 0.764. The molecule has 0 radical (unpaired) electrons. The SMILES string of the molecule is CC(CCS(C)=O)NC(C)c1ccc(N(C)C)cc1. The molecular weight excluding hydrogens is 256 g/mol. The Bertz CT molecular complexity index is 403. The third kappa shape index (κ3) is 5.74. The Labute approximate surface area is 119 Å². The van der Waals surface area contributed by atoms with Crippen LogP contribution in [0.25, 0.3) is 0 Å². The van der Waals surface area contributed by atoms with Crippen LogP contribution in [0.2, 0.25) is 0 Å². The average molecular weight is 282 g/mol. The summed E-state index contributed by atoms with van der Waals surface area (Å²) in [7, 11) is 3.39. The Morgan fingerprint density at radius 1 is 1.21 bits per heavy atom. The highest BCUT2D eigenvalue weighted by Gasteiger charge is 2.10. The van der Waals surface area contributed by atoms with Gasteiger partial charge in [0, 0.05) is 54.7 Å². The first-order chi connectivity index (χ1) is 8.90. The lowest BCUT2D eigenvalue weighted by Gasteiger charge is -2.21. The van der Waals surface area contributed by atoms with Crippen molar-refractivity contribution in [3.8, 4) is 0 Å². The first-order valence-corrected chi connectivity index (χ1v) is 8.46. The van der Waals surface area contributed by atoms with Gasteiger partial charge in [0.05, 0.1) is 0 Å². The molecule has 0 aliphatic heterocycles. The zero-order valence-corrected chi connectivity index (χ0v) is 13.5. The van der Waals surface area contributed by atoms with Crippen molar-refractivity contribution < 1.29 is 4.21 Å². The van der Waals surface area contributed by atoms with E-state index in [0.717, 1.165) is 12.2 Å². The monoisotopic (exact) mass is 282 g/mol. The van der Waals surface area contributed by atoms with Crippen molar-refractivity contribution in [2.75, 3.05) is 31.0 Å². The highest BCUT2D eigenvalue weighted by atomic mass is 32.2. The van der Waals surface area contributed by atoms with Crippen molar-refractivity contribution in [2.24, 2.45) is 0 Å². The molecule has 0 saturated heterocycles. The van der Waals surface area contributed by atoms with Gasteiger partial charge in [-0.2, -0.15) is 0 Å². The van der Waals surface area contributed by atoms with Gasteiger partial charge in [-0.15, -0.1) is 0 Å². The number of nitrogens with zero attached hydrogens (tertiary/aromatic N) is 1. The van der Waals surface area contributed by atoms with Gasteiger partial charge >= 0.3 is 0 Å². The van der Waals surface area contributed by atoms with Crippen LogP contribution in [0.4, 0.5) is 5.69 Å². The molecule has 3 nitrogen and oxygen atoms in total. The van der Waals surface area contributed by atoms with Crippen molar-refractivity contribution in [3.63, 3.8) is 0 Å². The maximum atomic E-state index is 11.1. The summed E-state index contributed by atoms with van der Waals surface area (Å²) in [4.78, 5) is 2.10. The van der Waals surface area contributed by atoms with Crippen LogP contribution < -0.4 is 10.2 Å². The zero-order valence-electron chi connectivity index (χ0n) is 12.6. The summed E-state index contributed by atoms with van der Waals surface area (Å²) in [6, 6.07) is 9.30. The van der Waals surface area contributed by atoms with Crippen molar-refractivity contribution >= 4 is 16.5 Å². The van der Waals surface area contributed by atoms with Crippen LogP contribution in [0.1, 0.15) is 31.9 Å². The van der Waals surface area contributed by atoms with Gasteiger partial charge in [0.2, 0.25) is 0 Å². The fourth-order valence-electron chi connectivity index (χ4n) is 2.01. The van der Waals surface area contributed by atoms with E-state index in [1.807, 2.05) is 14.1 Å². The van der Waals surface area contributed by atoms with Crippen LogP contribution in [0, 0.1) is 0 Å². The number of anilines is 1. The summed E-state index contributed by atoms with van der Waals surface area (Å²) in [5.41, 5.74) is 2.50. The molecule has 0 saturated carbocycles. The number of benzene rings is 1. The minimum absolute atomic E-state index is 0.316. The molecule has 0 aliphatic rings. The van der Waals surface area contributed by atoms with Crippen LogP contribution in [0.15, 0.2) is 24.3 Å². The van der Waals surface area contributed by atoms with Crippen molar-refractivity contribution in [2.45, 2.75) is 32.4 Å². The van der Waals surface area contributed by atoms with E-state index in [9.17, 15) is 4.21 Å². The van der Waals surface area contributed by atoms with E-state index in [-0.39, 0.29) is 0 Å². The largest absolute Gasteiger partial charge is 0.378 e. The van der Waals surface area contributed by atoms with Crippen LogP contribution in [0.5, 0.6) is 0 Å². The summed E-state index contributed by atoms with van der Waals surface area (Å²) >= 11 is 0. The second kappa shape index (κ2) is 7.65. The van der Waals surface area contributed by atoms with Crippen molar-refractivity contribution in [1.82, 2.24) is 5.32 Å². The second-order valence-electron chi connectivity index (χ2n) is 5.34. The van der Waals surface area contributed by atoms with Crippen LogP contribution in [-0.2, 0) is 10.8 Å². The molecule has 3 unspecified atom stereocenters. The number of rotatable bonds is 7. The number of nitrogens with one attached hydrogen (secondary N) is 1. The van der Waals surface area contributed by atoms with Gasteiger partial charge in [0.1, 0.15) is 0 Å². The Balaban J connectivity index is 2.52. The molecule has 1 aromatic rings. The minimum Gasteiger partial charge on any atom is -0.378 e. The third-order valence-electron chi connectivity index (χ3n) is 3.28. The molecule has 1 aromatic carbocycles. The van der Waals surface area contributed by atoms with Gasteiger partial charge in [-0.25, -0.2) is 0 Å². The maximum Gasteiger partial charge on any atom is 0.0361 e. The Morgan fingerprint density at radius 3 is 2.26 bits per heavy atom. The average Bonchev–Trinajstić information content (AvgIpc) is 2.36. The summed E-state index contributed by atoms with van der Waals surface area (Å²) in [6.07, 6.45) is 2.71. The van der Waals surface area contributed by atoms with E-state index < -0.39 is 10.8 Å².